The molecule has 0 radical (unpaired) electrons. The molecule has 0 saturated carbocycles. The second-order valence-corrected chi connectivity index (χ2v) is 7.05. The number of aromatic nitrogens is 3. The molecule has 27 heavy (non-hydrogen) atoms. The highest BCUT2D eigenvalue weighted by molar-refractivity contribution is 9.10. The van der Waals surface area contributed by atoms with Crippen molar-refractivity contribution < 1.29 is 14.9 Å². The summed E-state index contributed by atoms with van der Waals surface area (Å²) in [6.07, 6.45) is 0.535. The van der Waals surface area contributed by atoms with Crippen LogP contribution in [-0.2, 0) is 11.3 Å². The monoisotopic (exact) mass is 431 g/mol. The summed E-state index contributed by atoms with van der Waals surface area (Å²) >= 11 is 3.31. The maximum absolute atomic E-state index is 12.5. The van der Waals surface area contributed by atoms with Gasteiger partial charge in [-0.25, -0.2) is 9.36 Å². The van der Waals surface area contributed by atoms with Crippen LogP contribution in [0.3, 0.4) is 0 Å². The first kappa shape index (κ1) is 17.5. The fraction of sp³-hybridized carbons (Fsp3) is 0.167. The lowest BCUT2D eigenvalue weighted by Gasteiger charge is -2.17. The van der Waals surface area contributed by atoms with E-state index >= 15 is 0 Å². The largest absolute Gasteiger partial charge is 0.506 e. The number of hydrogen-bond donors (Lipinski definition) is 3. The van der Waals surface area contributed by atoms with Gasteiger partial charge in [-0.05, 0) is 31.2 Å². The molecule has 0 spiro atoms. The van der Waals surface area contributed by atoms with Gasteiger partial charge in [0.1, 0.15) is 17.4 Å². The molecule has 0 amide bonds. The molecule has 1 atom stereocenters. The lowest BCUT2D eigenvalue weighted by atomic mass is 10.00. The Kier molecular flexibility index (Phi) is 4.12. The van der Waals surface area contributed by atoms with Crippen LogP contribution < -0.4 is 11.2 Å². The zero-order chi connectivity index (χ0) is 19.3. The third-order valence-electron chi connectivity index (χ3n) is 4.49. The van der Waals surface area contributed by atoms with Crippen molar-refractivity contribution in [1.29, 1.82) is 0 Å². The van der Waals surface area contributed by atoms with Gasteiger partial charge in [-0.2, -0.15) is 0 Å². The highest BCUT2D eigenvalue weighted by atomic mass is 79.9. The van der Waals surface area contributed by atoms with E-state index in [2.05, 4.69) is 25.9 Å². The molecule has 2 aromatic heterocycles. The molecule has 8 nitrogen and oxygen atoms in total. The molecule has 3 heterocycles. The number of nitrogens with one attached hydrogen (secondary N) is 1. The molecule has 0 aliphatic carbocycles. The summed E-state index contributed by atoms with van der Waals surface area (Å²) in [5.74, 6) is -0.645. The smallest absolute Gasteiger partial charge is 0.335 e. The van der Waals surface area contributed by atoms with Crippen molar-refractivity contribution in [1.82, 2.24) is 14.5 Å². The van der Waals surface area contributed by atoms with Gasteiger partial charge in [0.15, 0.2) is 0 Å². The number of hydrogen-bond acceptors (Lipinski definition) is 6. The van der Waals surface area contributed by atoms with Crippen molar-refractivity contribution in [3.63, 3.8) is 0 Å². The number of aromatic hydroxyl groups is 2. The van der Waals surface area contributed by atoms with Gasteiger partial charge < -0.3 is 14.9 Å². The van der Waals surface area contributed by atoms with E-state index in [1.165, 1.54) is 0 Å². The Labute approximate surface area is 160 Å². The third kappa shape index (κ3) is 2.75. The maximum atomic E-state index is 12.5. The summed E-state index contributed by atoms with van der Waals surface area (Å²) in [7, 11) is 0. The fourth-order valence-electron chi connectivity index (χ4n) is 3.15. The minimum Gasteiger partial charge on any atom is -0.506 e. The molecule has 0 fully saturated rings. The zero-order valence-electron chi connectivity index (χ0n) is 14.1. The standard InChI is InChI=1S/C18H14BrN3O5/c1-8-14(23)12-9(6-20-8)7-27-15(12)13-16(24)21-18(26)22(17(13)25)11-4-2-10(19)3-5-11/h2-6,15,23,25H,7H2,1H3,(H,21,24,26)/t15-/m1/s1. The number of nitrogens with zero attached hydrogens (tertiary/aromatic N) is 2. The van der Waals surface area contributed by atoms with E-state index in [1.807, 2.05) is 0 Å². The SMILES string of the molecule is Cc1ncc2c(c1O)[C@H](c1c(O)n(-c3ccc(Br)cc3)c(=O)[nH]c1=O)OC2. The van der Waals surface area contributed by atoms with Gasteiger partial charge in [-0.1, -0.05) is 15.9 Å². The van der Waals surface area contributed by atoms with Crippen LogP contribution in [0.15, 0.2) is 44.5 Å². The van der Waals surface area contributed by atoms with E-state index in [-0.39, 0.29) is 17.9 Å². The molecular formula is C18H14BrN3O5. The molecule has 9 heteroatoms. The number of rotatable bonds is 2. The minimum absolute atomic E-state index is 0.102. The lowest BCUT2D eigenvalue weighted by molar-refractivity contribution is 0.0891. The molecule has 1 aromatic carbocycles. The van der Waals surface area contributed by atoms with Gasteiger partial charge >= 0.3 is 5.69 Å². The topological polar surface area (TPSA) is 117 Å². The normalized spacial score (nSPS) is 15.7. The van der Waals surface area contributed by atoms with E-state index in [0.29, 0.717) is 22.5 Å². The molecule has 1 aliphatic rings. The van der Waals surface area contributed by atoms with E-state index in [4.69, 9.17) is 4.74 Å². The van der Waals surface area contributed by atoms with Crippen LogP contribution in [0.2, 0.25) is 0 Å². The van der Waals surface area contributed by atoms with Crippen molar-refractivity contribution in [2.45, 2.75) is 19.6 Å². The van der Waals surface area contributed by atoms with E-state index < -0.39 is 23.2 Å². The predicted octanol–water partition coefficient (Wildman–Crippen LogP) is 2.02. The number of pyridine rings is 1. The Hall–Kier alpha value is -2.91. The molecule has 3 aromatic rings. The highest BCUT2D eigenvalue weighted by Crippen LogP contribution is 2.42. The molecule has 0 unspecified atom stereocenters. The Morgan fingerprint density at radius 2 is 1.93 bits per heavy atom. The first-order chi connectivity index (χ1) is 12.9. The third-order valence-corrected chi connectivity index (χ3v) is 5.02. The number of benzene rings is 1. The van der Waals surface area contributed by atoms with Crippen LogP contribution in [0.5, 0.6) is 11.6 Å². The predicted molar refractivity (Wildman–Crippen MR) is 99.3 cm³/mol. The van der Waals surface area contributed by atoms with E-state index in [9.17, 15) is 19.8 Å². The number of halogens is 1. The summed E-state index contributed by atoms with van der Waals surface area (Å²) in [5.41, 5.74) is 0.00668. The Balaban J connectivity index is 1.96. The Morgan fingerprint density at radius 1 is 1.22 bits per heavy atom. The van der Waals surface area contributed by atoms with Crippen molar-refractivity contribution in [2.75, 3.05) is 0 Å². The molecule has 3 N–H and O–H groups in total. The summed E-state index contributed by atoms with van der Waals surface area (Å²) in [6.45, 7) is 1.75. The van der Waals surface area contributed by atoms with E-state index in [1.54, 1.807) is 37.4 Å². The van der Waals surface area contributed by atoms with Crippen LogP contribution in [0, 0.1) is 6.92 Å². The van der Waals surface area contributed by atoms with Crippen LogP contribution in [-0.4, -0.2) is 24.7 Å². The Morgan fingerprint density at radius 3 is 2.63 bits per heavy atom. The average Bonchev–Trinajstić information content (AvgIpc) is 3.04. The first-order valence-corrected chi connectivity index (χ1v) is 8.81. The molecule has 0 saturated heterocycles. The van der Waals surface area contributed by atoms with Crippen LogP contribution in [0.4, 0.5) is 0 Å². The molecule has 4 rings (SSSR count). The van der Waals surface area contributed by atoms with Crippen molar-refractivity contribution >= 4 is 15.9 Å². The minimum atomic E-state index is -1.02. The van der Waals surface area contributed by atoms with Gasteiger partial charge in [0, 0.05) is 21.8 Å². The Bertz CT molecular complexity index is 1170. The zero-order valence-corrected chi connectivity index (χ0v) is 15.6. The molecule has 0 bridgehead atoms. The van der Waals surface area contributed by atoms with Gasteiger partial charge in [-0.3, -0.25) is 14.8 Å². The first-order valence-electron chi connectivity index (χ1n) is 8.01. The molecule has 138 valence electrons. The summed E-state index contributed by atoms with van der Waals surface area (Å²) in [4.78, 5) is 31.1. The van der Waals surface area contributed by atoms with Gasteiger partial charge in [0.25, 0.3) is 5.56 Å². The average molecular weight is 432 g/mol. The van der Waals surface area contributed by atoms with Gasteiger partial charge in [0.2, 0.25) is 5.88 Å². The lowest BCUT2D eigenvalue weighted by Crippen LogP contribution is -2.32. The summed E-state index contributed by atoms with van der Waals surface area (Å²) < 4.78 is 7.43. The summed E-state index contributed by atoms with van der Waals surface area (Å²) in [6, 6.07) is 6.63. The number of H-pyrrole nitrogens is 1. The highest BCUT2D eigenvalue weighted by Gasteiger charge is 2.34. The van der Waals surface area contributed by atoms with Crippen LogP contribution in [0.1, 0.15) is 28.5 Å². The van der Waals surface area contributed by atoms with Crippen molar-refractivity contribution in [3.05, 3.63) is 78.2 Å². The van der Waals surface area contributed by atoms with Crippen molar-refractivity contribution in [2.24, 2.45) is 0 Å². The number of ether oxygens (including phenoxy) is 1. The maximum Gasteiger partial charge on any atom is 0.335 e. The number of aromatic amines is 1. The van der Waals surface area contributed by atoms with Gasteiger partial charge in [0.05, 0.1) is 18.0 Å². The summed E-state index contributed by atoms with van der Waals surface area (Å²) in [5, 5.41) is 21.2. The van der Waals surface area contributed by atoms with E-state index in [0.717, 1.165) is 9.04 Å². The van der Waals surface area contributed by atoms with Crippen molar-refractivity contribution in [3.8, 4) is 17.3 Å². The van der Waals surface area contributed by atoms with Crippen LogP contribution in [0.25, 0.3) is 5.69 Å². The second kappa shape index (κ2) is 6.36. The quantitative estimate of drug-likeness (QED) is 0.571. The molecular weight excluding hydrogens is 418 g/mol. The van der Waals surface area contributed by atoms with Crippen LogP contribution >= 0.6 is 15.9 Å². The van der Waals surface area contributed by atoms with Gasteiger partial charge in [-0.15, -0.1) is 0 Å². The second-order valence-electron chi connectivity index (χ2n) is 6.13. The number of fused-ring (bicyclic) bond motifs is 1. The number of aryl methyl sites for hydroxylation is 1. The fourth-order valence-corrected chi connectivity index (χ4v) is 3.41. The molecule has 1 aliphatic heterocycles.